The maximum absolute atomic E-state index is 14.5. The molecule has 2 unspecified atom stereocenters. The van der Waals surface area contributed by atoms with Crippen molar-refractivity contribution in [3.05, 3.63) is 144 Å². The second kappa shape index (κ2) is 76.5. The molecule has 40 heteroatoms. The van der Waals surface area contributed by atoms with Crippen LogP contribution in [0.3, 0.4) is 0 Å². The van der Waals surface area contributed by atoms with Crippen LogP contribution in [0.15, 0.2) is 121 Å². The zero-order valence-corrected chi connectivity index (χ0v) is 92.3. The highest BCUT2D eigenvalue weighted by Crippen LogP contribution is 2.27. The van der Waals surface area contributed by atoms with Crippen LogP contribution in [0.1, 0.15) is 156 Å². The Morgan fingerprint density at radius 2 is 0.600 bits per heavy atom. The summed E-state index contributed by atoms with van der Waals surface area (Å²) in [6.45, 7) is 29.5. The van der Waals surface area contributed by atoms with Crippen molar-refractivity contribution in [1.82, 2.24) is 31.1 Å². The van der Waals surface area contributed by atoms with Crippen molar-refractivity contribution in [1.29, 1.82) is 0 Å². The van der Waals surface area contributed by atoms with Gasteiger partial charge in [-0.3, -0.25) is 66.1 Å². The molecule has 0 bridgehead atoms. The Morgan fingerprint density at radius 1 is 0.347 bits per heavy atom. The third kappa shape index (κ3) is 61.2. The number of morpholine rings is 2. The lowest BCUT2D eigenvalue weighted by molar-refractivity contribution is -0.144. The highest BCUT2D eigenvalue weighted by Gasteiger charge is 2.43. The highest BCUT2D eigenvalue weighted by molar-refractivity contribution is 7.86. The molecule has 10 atom stereocenters. The summed E-state index contributed by atoms with van der Waals surface area (Å²) in [6, 6.07) is 33.1. The molecule has 6 N–H and O–H groups in total. The summed E-state index contributed by atoms with van der Waals surface area (Å²) in [5.41, 5.74) is -1.05. The van der Waals surface area contributed by atoms with Gasteiger partial charge >= 0.3 is 0 Å². The van der Waals surface area contributed by atoms with Gasteiger partial charge in [0.25, 0.3) is 20.2 Å². The first-order valence-corrected chi connectivity index (χ1v) is 56.3. The van der Waals surface area contributed by atoms with Crippen LogP contribution in [0.25, 0.3) is 0 Å². The van der Waals surface area contributed by atoms with Gasteiger partial charge in [0.1, 0.15) is 36.0 Å². The van der Waals surface area contributed by atoms with Gasteiger partial charge < -0.3 is 97.8 Å². The van der Waals surface area contributed by atoms with Crippen LogP contribution in [0.2, 0.25) is 0 Å². The lowest BCUT2D eigenvalue weighted by Crippen LogP contribution is -2.54. The van der Waals surface area contributed by atoms with E-state index in [1.54, 1.807) is 7.11 Å². The molecule has 4 aromatic carbocycles. The van der Waals surface area contributed by atoms with Crippen molar-refractivity contribution >= 4 is 78.6 Å². The number of nitrogens with zero attached hydrogens (tertiary/aromatic N) is 2. The number of carbonyl (C=O) groups excluding carboxylic acids is 10. The van der Waals surface area contributed by atoms with E-state index in [2.05, 4.69) is 21.3 Å². The number of ketones is 6. The largest absolute Gasteiger partial charge is 0.382 e. The first kappa shape index (κ1) is 132. The van der Waals surface area contributed by atoms with E-state index in [1.807, 2.05) is 187 Å². The van der Waals surface area contributed by atoms with Gasteiger partial charge in [0, 0.05) is 82.6 Å². The maximum atomic E-state index is 14.5. The lowest BCUT2D eigenvalue weighted by atomic mass is 9.86. The Bertz CT molecular complexity index is 4650. The highest BCUT2D eigenvalue weighted by atomic mass is 32.2. The third-order valence-electron chi connectivity index (χ3n) is 24.5. The topological polar surface area (TPSA) is 482 Å². The van der Waals surface area contributed by atoms with E-state index in [0.717, 1.165) is 42.4 Å². The third-order valence-corrected chi connectivity index (χ3v) is 26.2. The molecule has 0 aliphatic carbocycles. The Labute approximate surface area is 889 Å². The quantitative estimate of drug-likeness (QED) is 0.0183. The van der Waals surface area contributed by atoms with Gasteiger partial charge in [-0.05, 0) is 124 Å². The molecule has 2 aliphatic heterocycles. The maximum Gasteiger partial charge on any atom is 0.269 e. The number of amides is 4. The zero-order chi connectivity index (χ0) is 110. The van der Waals surface area contributed by atoms with Gasteiger partial charge in [-0.25, -0.2) is 0 Å². The van der Waals surface area contributed by atoms with Gasteiger partial charge in [-0.1, -0.05) is 177 Å². The molecule has 2 fully saturated rings. The summed E-state index contributed by atoms with van der Waals surface area (Å²) < 4.78 is 135. The van der Waals surface area contributed by atoms with E-state index in [9.17, 15) is 75.0 Å². The fourth-order valence-electron chi connectivity index (χ4n) is 16.4. The fourth-order valence-corrected chi connectivity index (χ4v) is 17.7. The molecule has 0 spiro atoms. The van der Waals surface area contributed by atoms with Crippen LogP contribution in [0, 0.1) is 47.3 Å². The van der Waals surface area contributed by atoms with Crippen LogP contribution >= 0.6 is 0 Å². The summed E-state index contributed by atoms with van der Waals surface area (Å²) in [7, 11) is -6.63. The van der Waals surface area contributed by atoms with E-state index < -0.39 is 139 Å². The molecule has 2 heterocycles. The smallest absolute Gasteiger partial charge is 0.269 e. The molecular weight excluding hydrogens is 1980 g/mol. The van der Waals surface area contributed by atoms with Crippen LogP contribution in [0.5, 0.6) is 0 Å². The molecule has 38 nitrogen and oxygen atoms in total. The number of nitrogens with one attached hydrogen (secondary N) is 4. The Balaban J connectivity index is 0.000000591. The minimum atomic E-state index is -4.29. The van der Waals surface area contributed by atoms with Crippen molar-refractivity contribution < 1.29 is 150 Å². The predicted molar refractivity (Wildman–Crippen MR) is 565 cm³/mol. The van der Waals surface area contributed by atoms with E-state index in [1.165, 1.54) is 0 Å². The van der Waals surface area contributed by atoms with Gasteiger partial charge in [0.2, 0.25) is 23.6 Å². The van der Waals surface area contributed by atoms with E-state index in [-0.39, 0.29) is 138 Å². The molecule has 2 aliphatic rings. The standard InChI is InChI=1S/C67H111N3O22S.C43H63N3O10S/c1-54(2)47-61(68-65(74)58(18-17-56-13-9-7-10-14-56)50-60(71)52-70-19-21-80-22-20-70)63(72)51-59(49-57-15-11-8-12-16-57)66(75)69-62(48-55(3)4)64(73)67(5,76)53-92-93(77,78)46-45-91-44-43-90-42-41-89-40-39-88-38-37-87-36-35-86-34-33-85-32-31-84-30-29-83-28-27-82-26-25-81-24-23-79-6;1-30(2)23-37(44-41(50)34(18-17-32-13-9-7-10-14-32)26-36(47)28-46-19-21-55-22-20-46)39(48)27-35(25-33-15-11-8-12-16-33)42(51)45-38(24-31(3)4)40(49)43(5,52)29-56-57(6,53)54/h7-16,54-55,58-59,61-62,76H,17-53H2,1-6H3,(H,68,74)(H,69,75);7-16,30-31,34-35,37-38,52H,17-29H2,1-6H3,(H,44,50)(H,45,51)/t58-,59-,61+,62+,67?;34-,35-,37+,38+,43?/m11/s1. The number of carbonyl (C=O) groups is 10. The summed E-state index contributed by atoms with van der Waals surface area (Å²) in [5.74, 6) is -8.95. The Kier molecular flexibility index (Phi) is 67.4. The fraction of sp³-hybridized carbons (Fsp3) is 0.691. The molecule has 4 amide bonds. The average molecular weight is 2160 g/mol. The second-order valence-corrected chi connectivity index (χ2v) is 43.5. The van der Waals surface area contributed by atoms with Gasteiger partial charge in [-0.2, -0.15) is 16.8 Å². The Morgan fingerprint density at radius 3 is 0.880 bits per heavy atom. The number of methoxy groups -OCH3 is 1. The van der Waals surface area contributed by atoms with Gasteiger partial charge in [0.05, 0.1) is 228 Å². The van der Waals surface area contributed by atoms with Crippen molar-refractivity contribution in [3.8, 4) is 0 Å². The molecule has 848 valence electrons. The number of hydrogen-bond donors (Lipinski definition) is 6. The molecule has 0 saturated carbocycles. The number of hydrogen-bond acceptors (Lipinski definition) is 34. The summed E-state index contributed by atoms with van der Waals surface area (Å²) >= 11 is 0. The van der Waals surface area contributed by atoms with Crippen molar-refractivity contribution in [2.45, 2.75) is 194 Å². The van der Waals surface area contributed by atoms with E-state index in [0.29, 0.717) is 210 Å². The van der Waals surface area contributed by atoms with Crippen LogP contribution in [0.4, 0.5) is 0 Å². The summed E-state index contributed by atoms with van der Waals surface area (Å²) in [5, 5.41) is 34.0. The van der Waals surface area contributed by atoms with Crippen LogP contribution in [-0.4, -0.2) is 381 Å². The van der Waals surface area contributed by atoms with Crippen LogP contribution in [-0.2, 0) is 169 Å². The number of rotatable bonds is 86. The number of benzene rings is 4. The minimum absolute atomic E-state index is 0.00389. The number of aliphatic hydroxyl groups is 2. The first-order chi connectivity index (χ1) is 71.7. The Hall–Kier alpha value is -8.12. The average Bonchev–Trinajstić information content (AvgIpc) is 0.825. The molecule has 6 rings (SSSR count). The first-order valence-electron chi connectivity index (χ1n) is 52.9. The monoisotopic (exact) mass is 2160 g/mol. The summed E-state index contributed by atoms with van der Waals surface area (Å²) in [4.78, 5) is 144. The number of Topliss-reactive ketones (excluding diaryl/α,β-unsaturated/α-hetero) is 6. The molecular formula is C110H174N6O32S2. The SMILES string of the molecule is CC(C)C[C@H](NC(=O)[C@H](CCc1ccccc1)CC(=O)CN1CCOCC1)C(=O)C[C@@H](Cc1ccccc1)C(=O)N[C@@H](CC(C)C)C(=O)C(C)(O)COS(C)(=O)=O.COCCOCCOCCOCCOCCOCCOCCOCCOCCOCCOCCOCCS(=O)(=O)OCC(C)(O)C(=O)[C@H](CC(C)C)NC(=O)[C@@H](CC(=O)[C@H](CC(C)C)NC(=O)[C@H](CCc1ccccc1)CC(=O)CN1CCOCC1)Cc1ccccc1. The molecule has 150 heavy (non-hydrogen) atoms. The predicted octanol–water partition coefficient (Wildman–Crippen LogP) is 7.61. The molecule has 4 aromatic rings. The summed E-state index contributed by atoms with van der Waals surface area (Å²) in [6.07, 6.45) is 3.15. The van der Waals surface area contributed by atoms with Crippen LogP contribution < -0.4 is 21.3 Å². The van der Waals surface area contributed by atoms with Gasteiger partial charge in [-0.15, -0.1) is 0 Å². The zero-order valence-electron chi connectivity index (χ0n) is 90.7. The number of ether oxygens (including phenoxy) is 14. The van der Waals surface area contributed by atoms with Crippen molar-refractivity contribution in [3.63, 3.8) is 0 Å². The van der Waals surface area contributed by atoms with E-state index >= 15 is 0 Å². The lowest BCUT2D eigenvalue weighted by Gasteiger charge is -2.30. The second-order valence-electron chi connectivity index (χ2n) is 40.1. The van der Waals surface area contributed by atoms with E-state index in [4.69, 9.17) is 74.7 Å². The minimum Gasteiger partial charge on any atom is -0.382 e. The van der Waals surface area contributed by atoms with Crippen molar-refractivity contribution in [2.75, 3.05) is 250 Å². The molecule has 0 aromatic heterocycles. The normalized spacial score (nSPS) is 15.7. The van der Waals surface area contributed by atoms with Crippen molar-refractivity contribution in [2.24, 2.45) is 47.3 Å². The molecule has 0 radical (unpaired) electrons. The molecule has 2 saturated heterocycles. The van der Waals surface area contributed by atoms with Gasteiger partial charge in [0.15, 0.2) is 23.1 Å². The number of aryl methyl sites for hydroxylation is 2.